The summed E-state index contributed by atoms with van der Waals surface area (Å²) >= 11 is 1.41. The van der Waals surface area contributed by atoms with E-state index in [0.29, 0.717) is 43.4 Å². The van der Waals surface area contributed by atoms with Crippen molar-refractivity contribution in [3.63, 3.8) is 0 Å². The van der Waals surface area contributed by atoms with Gasteiger partial charge in [-0.1, -0.05) is 58.0 Å². The van der Waals surface area contributed by atoms with Crippen molar-refractivity contribution in [3.8, 4) is 0 Å². The number of carboxylic acids is 1. The topological polar surface area (TPSA) is 353 Å². The van der Waals surface area contributed by atoms with Crippen molar-refractivity contribution in [1.82, 2.24) is 46.2 Å². The Morgan fingerprint density at radius 1 is 0.608 bits per heavy atom. The molecule has 5 rings (SSSR count). The number of benzene rings is 1. The molecule has 4 saturated heterocycles. The van der Waals surface area contributed by atoms with Crippen LogP contribution in [0, 0.1) is 11.8 Å². The highest BCUT2D eigenvalue weighted by Gasteiger charge is 2.46. The lowest BCUT2D eigenvalue weighted by Crippen LogP contribution is -2.62. The van der Waals surface area contributed by atoms with Gasteiger partial charge >= 0.3 is 5.97 Å². The molecule has 0 unspecified atom stereocenters. The maximum Gasteiger partial charge on any atom is 0.326 e. The van der Waals surface area contributed by atoms with Crippen LogP contribution in [0.3, 0.4) is 0 Å². The minimum absolute atomic E-state index is 0.0156. The summed E-state index contributed by atoms with van der Waals surface area (Å²) in [5, 5.41) is 34.4. The van der Waals surface area contributed by atoms with Crippen molar-refractivity contribution in [2.24, 2.45) is 23.3 Å². The van der Waals surface area contributed by atoms with E-state index in [1.165, 1.54) is 38.3 Å². The molecule has 79 heavy (non-hydrogen) atoms. The zero-order valence-electron chi connectivity index (χ0n) is 46.4. The molecule has 24 nitrogen and oxygen atoms in total. The van der Waals surface area contributed by atoms with E-state index < -0.39 is 137 Å². The van der Waals surface area contributed by atoms with E-state index in [-0.39, 0.29) is 83.5 Å². The number of carboxylic acid groups (broad SMARTS) is 1. The van der Waals surface area contributed by atoms with Gasteiger partial charge in [0.1, 0.15) is 54.4 Å². The number of aliphatic carboxylic acids is 1. The fourth-order valence-electron chi connectivity index (χ4n) is 10.9. The van der Waals surface area contributed by atoms with Crippen molar-refractivity contribution < 1.29 is 63.0 Å². The van der Waals surface area contributed by atoms with Crippen LogP contribution in [-0.2, 0) is 59.2 Å². The smallest absolute Gasteiger partial charge is 0.326 e. The Morgan fingerprint density at radius 2 is 1.11 bits per heavy atom. The van der Waals surface area contributed by atoms with E-state index in [2.05, 4.69) is 26.6 Å². The third-order valence-electron chi connectivity index (χ3n) is 15.1. The highest BCUT2D eigenvalue weighted by molar-refractivity contribution is 7.98. The number of thioether (sulfide) groups is 1. The summed E-state index contributed by atoms with van der Waals surface area (Å²) < 4.78 is 0. The van der Waals surface area contributed by atoms with Gasteiger partial charge in [-0.3, -0.25) is 47.9 Å². The summed E-state index contributed by atoms with van der Waals surface area (Å²) in [5.41, 5.74) is 12.0. The van der Waals surface area contributed by atoms with E-state index in [1.54, 1.807) is 44.2 Å². The van der Waals surface area contributed by atoms with E-state index in [1.807, 2.05) is 20.1 Å². The Kier molecular flexibility index (Phi) is 23.9. The largest absolute Gasteiger partial charge is 0.480 e. The number of carbonyl (C=O) groups is 11. The molecule has 4 fully saturated rings. The number of nitrogens with one attached hydrogen (secondary N) is 5. The Hall–Kier alpha value is -6.34. The van der Waals surface area contributed by atoms with Crippen LogP contribution in [0.4, 0.5) is 0 Å². The van der Waals surface area contributed by atoms with Crippen molar-refractivity contribution in [1.29, 1.82) is 0 Å². The molecule has 0 radical (unpaired) electrons. The van der Waals surface area contributed by atoms with Crippen molar-refractivity contribution in [3.05, 3.63) is 35.9 Å². The van der Waals surface area contributed by atoms with Gasteiger partial charge in [-0.05, 0) is 107 Å². The van der Waals surface area contributed by atoms with Gasteiger partial charge in [0.2, 0.25) is 59.1 Å². The molecule has 4 aliphatic heterocycles. The van der Waals surface area contributed by atoms with Crippen LogP contribution in [-0.4, -0.2) is 200 Å². The lowest BCUT2D eigenvalue weighted by molar-refractivity contribution is -0.149. The van der Waals surface area contributed by atoms with E-state index >= 15 is 0 Å². The molecule has 25 heteroatoms. The van der Waals surface area contributed by atoms with Gasteiger partial charge in [-0.25, -0.2) is 4.79 Å². The predicted molar refractivity (Wildman–Crippen MR) is 292 cm³/mol. The van der Waals surface area contributed by atoms with Crippen LogP contribution >= 0.6 is 11.8 Å². The molecule has 11 atom stereocenters. The number of nitrogens with two attached hydrogens (primary N) is 2. The maximum atomic E-state index is 14.5. The second-order valence-electron chi connectivity index (χ2n) is 21.9. The highest BCUT2D eigenvalue weighted by atomic mass is 32.2. The van der Waals surface area contributed by atoms with Crippen LogP contribution in [0.15, 0.2) is 30.3 Å². The molecule has 0 aliphatic carbocycles. The molecule has 10 amide bonds. The van der Waals surface area contributed by atoms with E-state index in [0.717, 1.165) is 0 Å². The molecule has 4 aliphatic rings. The minimum atomic E-state index is -1.61. The molecule has 438 valence electrons. The fourth-order valence-corrected chi connectivity index (χ4v) is 11.4. The number of aliphatic hydroxyl groups excluding tert-OH is 1. The van der Waals surface area contributed by atoms with Gasteiger partial charge in [0.15, 0.2) is 0 Å². The maximum absolute atomic E-state index is 14.5. The molecule has 0 aromatic heterocycles. The van der Waals surface area contributed by atoms with E-state index in [9.17, 15) is 63.0 Å². The quantitative estimate of drug-likeness (QED) is 0.0517. The van der Waals surface area contributed by atoms with Crippen LogP contribution in [0.1, 0.15) is 117 Å². The molecule has 11 N–H and O–H groups in total. The lowest BCUT2D eigenvalue weighted by atomic mass is 10.0. The predicted octanol–water partition coefficient (Wildman–Crippen LogP) is -0.870. The van der Waals surface area contributed by atoms with Gasteiger partial charge in [-0.2, -0.15) is 11.8 Å². The van der Waals surface area contributed by atoms with Crippen LogP contribution in [0.25, 0.3) is 0 Å². The zero-order chi connectivity index (χ0) is 58.2. The average molecular weight is 1130 g/mol. The van der Waals surface area contributed by atoms with Gasteiger partial charge in [0.25, 0.3) is 0 Å². The van der Waals surface area contributed by atoms with Crippen LogP contribution in [0.2, 0.25) is 0 Å². The van der Waals surface area contributed by atoms with Gasteiger partial charge < -0.3 is 67.9 Å². The van der Waals surface area contributed by atoms with Crippen LogP contribution < -0.4 is 38.1 Å². The summed E-state index contributed by atoms with van der Waals surface area (Å²) in [7, 11) is 0. The number of rotatable bonds is 27. The zero-order valence-corrected chi connectivity index (χ0v) is 47.2. The molecule has 0 saturated carbocycles. The summed E-state index contributed by atoms with van der Waals surface area (Å²) in [5.74, 6) is -7.76. The standard InChI is InChI=1S/C54H83N11O13S/c1-30(2)28-36(59-46(69)38-16-10-23-62(38)50(73)34(55)20-21-42(56)67)51(74)64-25-12-18-40(64)53(76)63-24-11-17-39(63)47(70)61-44(32(5)66)49(72)60-43(31(3)4)48(71)57-35(22-27-79-6)45(68)58-37(29-33-14-8-7-9-15-33)52(75)65-26-13-19-41(65)54(77)78/h7-9,14-15,30-32,34-41,43-44,66H,10-13,16-29,55H2,1-6H3,(H2,56,67)(H,57,71)(H,58,68)(H,59,69)(H,60,72)(H,61,70)(H,77,78)/t32-,34+,35+,36+,37+,38+,39+,40+,41+,43+,44+/m1/s1. The highest BCUT2D eigenvalue weighted by Crippen LogP contribution is 2.28. The number of likely N-dealkylation sites (tertiary alicyclic amines) is 4. The number of hydrogen-bond acceptors (Lipinski definition) is 14. The molecule has 0 bridgehead atoms. The first-order chi connectivity index (χ1) is 37.4. The Bertz CT molecular complexity index is 2360. The van der Waals surface area contributed by atoms with Crippen LogP contribution in [0.5, 0.6) is 0 Å². The second-order valence-corrected chi connectivity index (χ2v) is 22.9. The Labute approximate surface area is 466 Å². The van der Waals surface area contributed by atoms with Gasteiger partial charge in [0, 0.05) is 39.0 Å². The number of amides is 10. The molecular formula is C54H83N11O13S. The first kappa shape index (κ1) is 63.5. The molecule has 1 aromatic rings. The minimum Gasteiger partial charge on any atom is -0.480 e. The van der Waals surface area contributed by atoms with Crippen molar-refractivity contribution in [2.75, 3.05) is 38.2 Å². The normalized spacial score (nSPS) is 21.8. The number of aliphatic hydroxyl groups is 1. The lowest BCUT2D eigenvalue weighted by Gasteiger charge is -2.34. The summed E-state index contributed by atoms with van der Waals surface area (Å²) in [6.45, 7) is 9.16. The van der Waals surface area contributed by atoms with Crippen molar-refractivity contribution >= 4 is 76.8 Å². The number of nitrogens with zero attached hydrogens (tertiary/aromatic N) is 4. The number of primary amides is 1. The Morgan fingerprint density at radius 3 is 1.67 bits per heavy atom. The fraction of sp³-hybridized carbons (Fsp3) is 0.685. The van der Waals surface area contributed by atoms with Crippen molar-refractivity contribution in [2.45, 2.75) is 185 Å². The number of hydrogen-bond donors (Lipinski definition) is 9. The van der Waals surface area contributed by atoms with E-state index in [4.69, 9.17) is 11.5 Å². The average Bonchev–Trinajstić information content (AvgIpc) is 4.40. The SMILES string of the molecule is CSCC[C@H](NC(=O)[C@@H](NC(=O)[C@@H](NC(=O)[C@@H]1CCCN1C(=O)[C@@H]1CCCN1C(=O)[C@H](CC(C)C)NC(=O)[C@@H]1CCCN1C(=O)[C@@H](N)CCC(N)=O)[C@@H](C)O)C(C)C)C(=O)N[C@@H](Cc1ccccc1)C(=O)N1CCC[C@H]1C(=O)O. The second kappa shape index (κ2) is 29.8. The summed E-state index contributed by atoms with van der Waals surface area (Å²) in [6.07, 6.45) is 3.57. The Balaban J connectivity index is 1.25. The first-order valence-corrected chi connectivity index (χ1v) is 29.1. The first-order valence-electron chi connectivity index (χ1n) is 27.7. The number of carbonyl (C=O) groups excluding carboxylic acids is 10. The molecule has 4 heterocycles. The summed E-state index contributed by atoms with van der Waals surface area (Å²) in [4.78, 5) is 155. The third kappa shape index (κ3) is 17.1. The summed E-state index contributed by atoms with van der Waals surface area (Å²) in [6, 6.07) is -2.51. The van der Waals surface area contributed by atoms with Gasteiger partial charge in [0.05, 0.1) is 12.1 Å². The monoisotopic (exact) mass is 1130 g/mol. The molecular weight excluding hydrogens is 1040 g/mol. The third-order valence-corrected chi connectivity index (χ3v) is 15.8. The molecule has 0 spiro atoms. The molecule has 1 aromatic carbocycles. The van der Waals surface area contributed by atoms with Gasteiger partial charge in [-0.15, -0.1) is 0 Å².